The minimum absolute atomic E-state index is 0.249. The molecule has 3 nitrogen and oxygen atoms in total. The number of phenolic OH excluding ortho intramolecular Hbond substituents is 1. The number of anilines is 1. The van der Waals surface area contributed by atoms with Crippen molar-refractivity contribution in [2.24, 2.45) is 0 Å². The molecule has 3 heteroatoms. The summed E-state index contributed by atoms with van der Waals surface area (Å²) < 4.78 is 0. The maximum absolute atomic E-state index is 9.26. The van der Waals surface area contributed by atoms with Crippen LogP contribution in [0.25, 0.3) is 0 Å². The Bertz CT molecular complexity index is 346. The smallest absolute Gasteiger partial charge is 0.117 e. The summed E-state index contributed by atoms with van der Waals surface area (Å²) in [4.78, 5) is 2.50. The molecule has 0 bridgehead atoms. The number of rotatable bonds is 3. The highest BCUT2D eigenvalue weighted by Crippen LogP contribution is 2.19. The van der Waals surface area contributed by atoms with Gasteiger partial charge in [-0.25, -0.2) is 0 Å². The number of likely N-dealkylation sites (tertiary alicyclic amines) is 1. The van der Waals surface area contributed by atoms with Gasteiger partial charge in [0.1, 0.15) is 5.75 Å². The van der Waals surface area contributed by atoms with Gasteiger partial charge in [0.25, 0.3) is 0 Å². The van der Waals surface area contributed by atoms with Gasteiger partial charge in [-0.2, -0.15) is 0 Å². The molecule has 0 atom stereocenters. The molecule has 1 saturated heterocycles. The standard InChI is InChI=1S/C13H20N2O/c14-13-10-12(16)5-4-11(13)6-9-15-7-2-1-3-8-15/h4-5,10,16H,1-3,6-9,14H2. The molecule has 16 heavy (non-hydrogen) atoms. The van der Waals surface area contributed by atoms with Gasteiger partial charge in [0, 0.05) is 18.3 Å². The zero-order valence-electron chi connectivity index (χ0n) is 9.65. The van der Waals surface area contributed by atoms with Crippen molar-refractivity contribution in [2.75, 3.05) is 25.4 Å². The predicted octanol–water partition coefficient (Wildman–Crippen LogP) is 2.00. The fourth-order valence-corrected chi connectivity index (χ4v) is 2.27. The lowest BCUT2D eigenvalue weighted by Crippen LogP contribution is -2.31. The Morgan fingerprint density at radius 2 is 1.94 bits per heavy atom. The van der Waals surface area contributed by atoms with Gasteiger partial charge in [-0.15, -0.1) is 0 Å². The summed E-state index contributed by atoms with van der Waals surface area (Å²) >= 11 is 0. The average Bonchev–Trinajstić information content (AvgIpc) is 2.29. The van der Waals surface area contributed by atoms with Gasteiger partial charge in [-0.1, -0.05) is 12.5 Å². The molecule has 1 aliphatic heterocycles. The molecular weight excluding hydrogens is 200 g/mol. The number of nitrogens with two attached hydrogens (primary N) is 1. The third-order valence-electron chi connectivity index (χ3n) is 3.28. The number of phenols is 1. The first-order chi connectivity index (χ1) is 7.75. The second-order valence-electron chi connectivity index (χ2n) is 4.54. The number of aromatic hydroxyl groups is 1. The fourth-order valence-electron chi connectivity index (χ4n) is 2.27. The predicted molar refractivity (Wildman–Crippen MR) is 66.5 cm³/mol. The van der Waals surface area contributed by atoms with E-state index in [4.69, 9.17) is 5.73 Å². The second-order valence-corrected chi connectivity index (χ2v) is 4.54. The fraction of sp³-hybridized carbons (Fsp3) is 0.538. The van der Waals surface area contributed by atoms with E-state index in [0.29, 0.717) is 5.69 Å². The lowest BCUT2D eigenvalue weighted by molar-refractivity contribution is 0.231. The van der Waals surface area contributed by atoms with Crippen LogP contribution in [0.5, 0.6) is 5.75 Å². The van der Waals surface area contributed by atoms with Gasteiger partial charge < -0.3 is 15.7 Å². The summed E-state index contributed by atoms with van der Waals surface area (Å²) in [7, 11) is 0. The molecule has 0 unspecified atom stereocenters. The molecule has 88 valence electrons. The summed E-state index contributed by atoms with van der Waals surface area (Å²) in [6.07, 6.45) is 5.00. The van der Waals surface area contributed by atoms with Crippen molar-refractivity contribution in [3.05, 3.63) is 23.8 Å². The molecule has 1 aromatic carbocycles. The monoisotopic (exact) mass is 220 g/mol. The van der Waals surface area contributed by atoms with Crippen molar-refractivity contribution in [3.8, 4) is 5.75 Å². The van der Waals surface area contributed by atoms with E-state index in [1.54, 1.807) is 12.1 Å². The first-order valence-electron chi connectivity index (χ1n) is 6.05. The van der Waals surface area contributed by atoms with E-state index in [0.717, 1.165) is 18.5 Å². The number of benzene rings is 1. The molecule has 0 aromatic heterocycles. The molecule has 0 spiro atoms. The highest BCUT2D eigenvalue weighted by atomic mass is 16.3. The van der Waals surface area contributed by atoms with Crippen molar-refractivity contribution in [3.63, 3.8) is 0 Å². The number of hydrogen-bond donors (Lipinski definition) is 2. The van der Waals surface area contributed by atoms with Gasteiger partial charge in [0.15, 0.2) is 0 Å². The van der Waals surface area contributed by atoms with E-state index >= 15 is 0 Å². The van der Waals surface area contributed by atoms with Crippen molar-refractivity contribution in [1.82, 2.24) is 4.90 Å². The van der Waals surface area contributed by atoms with Crippen LogP contribution < -0.4 is 5.73 Å². The first-order valence-corrected chi connectivity index (χ1v) is 6.05. The largest absolute Gasteiger partial charge is 0.508 e. The zero-order chi connectivity index (χ0) is 11.4. The molecule has 1 aliphatic rings. The SMILES string of the molecule is Nc1cc(O)ccc1CCN1CCCCC1. The van der Waals surface area contributed by atoms with Crippen molar-refractivity contribution >= 4 is 5.69 Å². The summed E-state index contributed by atoms with van der Waals surface area (Å²) in [6, 6.07) is 5.27. The molecule has 0 aliphatic carbocycles. The summed E-state index contributed by atoms with van der Waals surface area (Å²) in [5.74, 6) is 0.249. The Labute approximate surface area is 96.9 Å². The highest BCUT2D eigenvalue weighted by Gasteiger charge is 2.10. The van der Waals surface area contributed by atoms with Crippen LogP contribution in [0.1, 0.15) is 24.8 Å². The maximum Gasteiger partial charge on any atom is 0.117 e. The van der Waals surface area contributed by atoms with Crippen LogP contribution in [0.2, 0.25) is 0 Å². The van der Waals surface area contributed by atoms with Crippen LogP contribution in [0, 0.1) is 0 Å². The quantitative estimate of drug-likeness (QED) is 0.766. The molecule has 1 heterocycles. The van der Waals surface area contributed by atoms with Gasteiger partial charge in [-0.3, -0.25) is 0 Å². The summed E-state index contributed by atoms with van der Waals surface area (Å²) in [6.45, 7) is 3.52. The molecule has 3 N–H and O–H groups in total. The van der Waals surface area contributed by atoms with E-state index in [-0.39, 0.29) is 5.75 Å². The van der Waals surface area contributed by atoms with Crippen molar-refractivity contribution < 1.29 is 5.11 Å². The lowest BCUT2D eigenvalue weighted by Gasteiger charge is -2.26. The normalized spacial score (nSPS) is 17.5. The van der Waals surface area contributed by atoms with Gasteiger partial charge in [-0.05, 0) is 44.0 Å². The Morgan fingerprint density at radius 3 is 2.62 bits per heavy atom. The van der Waals surface area contributed by atoms with E-state index in [9.17, 15) is 5.11 Å². The van der Waals surface area contributed by atoms with Crippen LogP contribution in [0.15, 0.2) is 18.2 Å². The number of nitrogen functional groups attached to an aromatic ring is 1. The van der Waals surface area contributed by atoms with Crippen molar-refractivity contribution in [2.45, 2.75) is 25.7 Å². The highest BCUT2D eigenvalue weighted by molar-refractivity contribution is 5.51. The van der Waals surface area contributed by atoms with E-state index in [2.05, 4.69) is 4.90 Å². The Hall–Kier alpha value is -1.22. The van der Waals surface area contributed by atoms with Crippen LogP contribution in [-0.2, 0) is 6.42 Å². The average molecular weight is 220 g/mol. The Balaban J connectivity index is 1.88. The number of hydrogen-bond acceptors (Lipinski definition) is 3. The van der Waals surface area contributed by atoms with Gasteiger partial charge >= 0.3 is 0 Å². The minimum Gasteiger partial charge on any atom is -0.508 e. The maximum atomic E-state index is 9.26. The second kappa shape index (κ2) is 5.21. The molecule has 1 aromatic rings. The number of piperidine rings is 1. The van der Waals surface area contributed by atoms with Gasteiger partial charge in [0.2, 0.25) is 0 Å². The van der Waals surface area contributed by atoms with Crippen LogP contribution in [-0.4, -0.2) is 29.6 Å². The summed E-state index contributed by atoms with van der Waals surface area (Å²) in [5, 5.41) is 9.26. The number of nitrogens with zero attached hydrogens (tertiary/aromatic N) is 1. The van der Waals surface area contributed by atoms with Crippen molar-refractivity contribution in [1.29, 1.82) is 0 Å². The Kier molecular flexibility index (Phi) is 3.67. The van der Waals surface area contributed by atoms with E-state index in [1.807, 2.05) is 6.07 Å². The van der Waals surface area contributed by atoms with E-state index < -0.39 is 0 Å². The zero-order valence-corrected chi connectivity index (χ0v) is 9.65. The Morgan fingerprint density at radius 1 is 1.19 bits per heavy atom. The van der Waals surface area contributed by atoms with Gasteiger partial charge in [0.05, 0.1) is 0 Å². The topological polar surface area (TPSA) is 49.5 Å². The molecule has 1 fully saturated rings. The molecule has 2 rings (SSSR count). The third kappa shape index (κ3) is 2.89. The van der Waals surface area contributed by atoms with Crippen LogP contribution >= 0.6 is 0 Å². The third-order valence-corrected chi connectivity index (χ3v) is 3.28. The minimum atomic E-state index is 0.249. The first kappa shape index (κ1) is 11.3. The summed E-state index contributed by atoms with van der Waals surface area (Å²) in [5.41, 5.74) is 7.71. The lowest BCUT2D eigenvalue weighted by atomic mass is 10.1. The molecule has 0 amide bonds. The molecule has 0 saturated carbocycles. The molecular formula is C13H20N2O. The van der Waals surface area contributed by atoms with Crippen LogP contribution in [0.4, 0.5) is 5.69 Å². The molecule has 0 radical (unpaired) electrons. The van der Waals surface area contributed by atoms with E-state index in [1.165, 1.54) is 32.4 Å². The van der Waals surface area contributed by atoms with Crippen LogP contribution in [0.3, 0.4) is 0 Å².